The zero-order valence-electron chi connectivity index (χ0n) is 21.3. The Bertz CT molecular complexity index is 1270. The van der Waals surface area contributed by atoms with Crippen molar-refractivity contribution in [3.63, 3.8) is 0 Å². The third-order valence-corrected chi connectivity index (χ3v) is 6.50. The van der Waals surface area contributed by atoms with Crippen LogP contribution in [0.25, 0.3) is 16.8 Å². The summed E-state index contributed by atoms with van der Waals surface area (Å²) in [6, 6.07) is 13.0. The summed E-state index contributed by atoms with van der Waals surface area (Å²) < 4.78 is 12.4. The lowest BCUT2D eigenvalue weighted by atomic mass is 10.1. The van der Waals surface area contributed by atoms with Gasteiger partial charge in [0.15, 0.2) is 5.58 Å². The topological polar surface area (TPSA) is 83.2 Å². The Morgan fingerprint density at radius 1 is 1.14 bits per heavy atom. The summed E-state index contributed by atoms with van der Waals surface area (Å²) in [4.78, 5) is 31.5. The number of rotatable bonds is 9. The van der Waals surface area contributed by atoms with Crippen LogP contribution in [-0.2, 0) is 11.3 Å². The van der Waals surface area contributed by atoms with E-state index in [1.807, 2.05) is 49.3 Å². The Morgan fingerprint density at radius 3 is 2.67 bits per heavy atom. The quantitative estimate of drug-likeness (QED) is 0.458. The Balaban J connectivity index is 1.35. The van der Waals surface area contributed by atoms with Crippen molar-refractivity contribution in [1.29, 1.82) is 0 Å². The molecule has 9 heteroatoms. The second kappa shape index (κ2) is 11.5. The molecule has 0 radical (unpaired) electrons. The highest BCUT2D eigenvalue weighted by molar-refractivity contribution is 5.84. The molecule has 0 spiro atoms. The number of hydrogen-bond donors (Lipinski definition) is 1. The number of amides is 1. The molecule has 3 aromatic rings. The minimum absolute atomic E-state index is 0.305. The zero-order chi connectivity index (χ0) is 25.7. The normalized spacial score (nSPS) is 14.6. The summed E-state index contributed by atoms with van der Waals surface area (Å²) in [5.41, 5.74) is 4.42. The smallest absolute Gasteiger partial charge is 0.420 e. The number of ether oxygens (including phenoxy) is 1. The fourth-order valence-electron chi connectivity index (χ4n) is 4.26. The molecule has 0 unspecified atom stereocenters. The van der Waals surface area contributed by atoms with E-state index in [1.54, 1.807) is 16.7 Å². The second-order valence-electron chi connectivity index (χ2n) is 9.44. The molecule has 1 fully saturated rings. The van der Waals surface area contributed by atoms with Gasteiger partial charge in [-0.15, -0.1) is 0 Å². The van der Waals surface area contributed by atoms with E-state index in [0.29, 0.717) is 29.9 Å². The van der Waals surface area contributed by atoms with E-state index in [1.165, 1.54) is 0 Å². The van der Waals surface area contributed by atoms with Crippen molar-refractivity contribution in [1.82, 2.24) is 19.3 Å². The van der Waals surface area contributed by atoms with Crippen molar-refractivity contribution in [3.8, 4) is 0 Å². The van der Waals surface area contributed by atoms with E-state index in [0.717, 1.165) is 56.0 Å². The molecular weight excluding hydrogens is 458 g/mol. The van der Waals surface area contributed by atoms with Crippen LogP contribution >= 0.6 is 0 Å². The maximum Gasteiger partial charge on any atom is 0.420 e. The molecule has 0 saturated carbocycles. The molecule has 192 valence electrons. The van der Waals surface area contributed by atoms with Crippen LogP contribution < -0.4 is 11.1 Å². The van der Waals surface area contributed by atoms with Crippen LogP contribution in [0.4, 0.5) is 10.5 Å². The summed E-state index contributed by atoms with van der Waals surface area (Å²) in [7, 11) is 5.98. The fourth-order valence-corrected chi connectivity index (χ4v) is 4.26. The Labute approximate surface area is 211 Å². The maximum absolute atomic E-state index is 12.6. The van der Waals surface area contributed by atoms with Gasteiger partial charge >= 0.3 is 11.8 Å². The molecule has 2 aromatic carbocycles. The third kappa shape index (κ3) is 6.35. The first-order valence-electron chi connectivity index (χ1n) is 12.2. The van der Waals surface area contributed by atoms with E-state index in [2.05, 4.69) is 28.7 Å². The van der Waals surface area contributed by atoms with Crippen molar-refractivity contribution in [3.05, 3.63) is 70.7 Å². The molecule has 1 saturated heterocycles. The highest BCUT2D eigenvalue weighted by Gasteiger charge is 2.14. The molecule has 4 rings (SSSR count). The number of fused-ring (bicyclic) bond motifs is 1. The first-order valence-corrected chi connectivity index (χ1v) is 12.2. The van der Waals surface area contributed by atoms with Crippen LogP contribution in [0.5, 0.6) is 0 Å². The number of anilines is 1. The lowest BCUT2D eigenvalue weighted by Gasteiger charge is -2.32. The second-order valence-corrected chi connectivity index (χ2v) is 9.44. The molecule has 9 nitrogen and oxygen atoms in total. The molecule has 36 heavy (non-hydrogen) atoms. The number of nitrogens with one attached hydrogen (secondary N) is 1. The van der Waals surface area contributed by atoms with Gasteiger partial charge in [-0.2, -0.15) is 0 Å². The van der Waals surface area contributed by atoms with Gasteiger partial charge < -0.3 is 23.9 Å². The van der Waals surface area contributed by atoms with Gasteiger partial charge in [0, 0.05) is 58.2 Å². The number of nitrogens with zero attached hydrogens (tertiary/aromatic N) is 4. The Kier molecular flexibility index (Phi) is 8.12. The van der Waals surface area contributed by atoms with E-state index >= 15 is 0 Å². The molecule has 1 N–H and O–H groups in total. The van der Waals surface area contributed by atoms with Crippen LogP contribution in [0.15, 0.2) is 58.3 Å². The molecule has 0 aliphatic carbocycles. The highest BCUT2D eigenvalue weighted by atomic mass is 16.5. The highest BCUT2D eigenvalue weighted by Crippen LogP contribution is 2.22. The zero-order valence-corrected chi connectivity index (χ0v) is 21.3. The van der Waals surface area contributed by atoms with Crippen LogP contribution in [0.3, 0.4) is 0 Å². The number of carbonyl (C=O) groups is 1. The summed E-state index contributed by atoms with van der Waals surface area (Å²) >= 11 is 0. The van der Waals surface area contributed by atoms with Crippen molar-refractivity contribution >= 4 is 28.6 Å². The molecule has 0 atom stereocenters. The predicted molar refractivity (Wildman–Crippen MR) is 142 cm³/mol. The van der Waals surface area contributed by atoms with Crippen LogP contribution in [-0.4, -0.2) is 85.8 Å². The van der Waals surface area contributed by atoms with Gasteiger partial charge in [-0.3, -0.25) is 9.88 Å². The van der Waals surface area contributed by atoms with E-state index in [4.69, 9.17) is 9.15 Å². The van der Waals surface area contributed by atoms with E-state index in [-0.39, 0.29) is 0 Å². The number of piperazine rings is 1. The van der Waals surface area contributed by atoms with E-state index < -0.39 is 11.8 Å². The largest absolute Gasteiger partial charge is 0.449 e. The van der Waals surface area contributed by atoms with Gasteiger partial charge in [-0.25, -0.2) is 9.59 Å². The monoisotopic (exact) mass is 493 g/mol. The van der Waals surface area contributed by atoms with Gasteiger partial charge in [0.2, 0.25) is 0 Å². The predicted octanol–water partition coefficient (Wildman–Crippen LogP) is 3.36. The van der Waals surface area contributed by atoms with Crippen LogP contribution in [0.1, 0.15) is 17.5 Å². The number of hydrogen-bond acceptors (Lipinski definition) is 7. The number of benzene rings is 2. The molecule has 1 aliphatic rings. The third-order valence-electron chi connectivity index (χ3n) is 6.50. The molecule has 1 aromatic heterocycles. The summed E-state index contributed by atoms with van der Waals surface area (Å²) in [6.07, 6.45) is 0.318. The lowest BCUT2D eigenvalue weighted by molar-refractivity contribution is 0.130. The van der Waals surface area contributed by atoms with Crippen LogP contribution in [0.2, 0.25) is 0 Å². The molecular formula is C27H35N5O4. The van der Waals surface area contributed by atoms with Crippen molar-refractivity contribution < 1.29 is 13.9 Å². The minimum atomic E-state index is -0.483. The van der Waals surface area contributed by atoms with E-state index in [9.17, 15) is 9.59 Å². The molecule has 1 aliphatic heterocycles. The standard InChI is InChI=1S/C27H35N5O4/c1-20(29(2)3)22-9-10-25-24(18-22)32(27(34)36-25)19-21-7-5-8-23(17-21)28-26(33)35-16-6-11-31-14-12-30(4)13-15-31/h5,7-10,17-18H,1,6,11-16,19H2,2-4H3,(H,28,33). The van der Waals surface area contributed by atoms with Gasteiger partial charge in [0.1, 0.15) is 0 Å². The number of likely N-dealkylation sites (N-methyl/N-ethyl adjacent to an activating group) is 1. The average molecular weight is 494 g/mol. The maximum atomic E-state index is 12.6. The Hall–Kier alpha value is -3.56. The minimum Gasteiger partial charge on any atom is -0.449 e. The number of aromatic nitrogens is 1. The lowest BCUT2D eigenvalue weighted by Crippen LogP contribution is -2.44. The number of carbonyl (C=O) groups excluding carboxylic acids is 1. The SMILES string of the molecule is C=C(c1ccc2oc(=O)n(Cc3cccc(NC(=O)OCCCN4CCN(C)CC4)c3)c2c1)N(C)C. The van der Waals surface area contributed by atoms with Crippen molar-refractivity contribution in [2.75, 3.05) is 65.8 Å². The first-order chi connectivity index (χ1) is 17.3. The summed E-state index contributed by atoms with van der Waals surface area (Å²) in [6.45, 7) is 9.95. The van der Waals surface area contributed by atoms with Gasteiger partial charge in [0.25, 0.3) is 0 Å². The summed E-state index contributed by atoms with van der Waals surface area (Å²) in [5, 5.41) is 2.79. The Morgan fingerprint density at radius 2 is 1.92 bits per heavy atom. The van der Waals surface area contributed by atoms with Crippen molar-refractivity contribution in [2.45, 2.75) is 13.0 Å². The van der Waals surface area contributed by atoms with Gasteiger partial charge in [0.05, 0.1) is 18.7 Å². The molecule has 2 heterocycles. The fraction of sp³-hybridized carbons (Fsp3) is 0.407. The van der Waals surface area contributed by atoms with Gasteiger partial charge in [-0.1, -0.05) is 18.7 Å². The summed E-state index contributed by atoms with van der Waals surface area (Å²) in [5.74, 6) is -0.435. The molecule has 1 amide bonds. The average Bonchev–Trinajstić information content (AvgIpc) is 3.16. The number of oxazole rings is 1. The van der Waals surface area contributed by atoms with Gasteiger partial charge in [-0.05, 0) is 54.9 Å². The van der Waals surface area contributed by atoms with Crippen LogP contribution in [0, 0.1) is 0 Å². The van der Waals surface area contributed by atoms with Crippen molar-refractivity contribution in [2.24, 2.45) is 0 Å². The molecule has 0 bridgehead atoms. The first kappa shape index (κ1) is 25.5.